The topological polar surface area (TPSA) is 49.4 Å². The highest BCUT2D eigenvalue weighted by atomic mass is 32.2. The van der Waals surface area contributed by atoms with Crippen molar-refractivity contribution in [3.05, 3.63) is 65.2 Å². The summed E-state index contributed by atoms with van der Waals surface area (Å²) in [6.45, 7) is 11.0. The summed E-state index contributed by atoms with van der Waals surface area (Å²) in [5, 5.41) is 2.95. The molecule has 2 aromatic rings. The fourth-order valence-corrected chi connectivity index (χ4v) is 3.69. The summed E-state index contributed by atoms with van der Waals surface area (Å²) in [7, 11) is 0. The largest absolute Gasteiger partial charge is 0.354 e. The number of aryl methyl sites for hydroxylation is 2. The Morgan fingerprint density at radius 2 is 1.69 bits per heavy atom. The molecule has 0 fully saturated rings. The average Bonchev–Trinajstić information content (AvgIpc) is 2.69. The Labute approximate surface area is 179 Å². The van der Waals surface area contributed by atoms with Gasteiger partial charge in [0.2, 0.25) is 11.8 Å². The molecule has 0 unspecified atom stereocenters. The van der Waals surface area contributed by atoms with E-state index in [0.717, 1.165) is 16.0 Å². The fraction of sp³-hybridized carbons (Fsp3) is 0.417. The van der Waals surface area contributed by atoms with E-state index in [0.29, 0.717) is 24.8 Å². The summed E-state index contributed by atoms with van der Waals surface area (Å²) in [6.07, 6.45) is 0. The molecular weight excluding hydrogens is 380 g/mol. The van der Waals surface area contributed by atoms with Gasteiger partial charge in [0.25, 0.3) is 0 Å². The zero-order chi connectivity index (χ0) is 21.4. The lowest BCUT2D eigenvalue weighted by atomic mass is 10.1. The number of carbonyl (C=O) groups excluding carboxylic acids is 2. The van der Waals surface area contributed by atoms with Crippen LogP contribution in [0.1, 0.15) is 37.5 Å². The average molecular weight is 413 g/mol. The minimum absolute atomic E-state index is 0.0377. The maximum absolute atomic E-state index is 13.1. The van der Waals surface area contributed by atoms with E-state index in [4.69, 9.17) is 0 Å². The number of hydrogen-bond donors (Lipinski definition) is 1. The Hall–Kier alpha value is -2.27. The third-order valence-electron chi connectivity index (χ3n) is 4.67. The lowest BCUT2D eigenvalue weighted by molar-refractivity contribution is -0.138. The van der Waals surface area contributed by atoms with Crippen molar-refractivity contribution in [2.24, 2.45) is 5.92 Å². The lowest BCUT2D eigenvalue weighted by Crippen LogP contribution is -2.48. The standard InChI is InChI=1S/C24H32N2O2S/c1-17(2)14-25-24(28)20(5)26(15-21-8-6-7-19(4)13-21)23(27)16-29-22-11-9-18(3)10-12-22/h6-13,17,20H,14-16H2,1-5H3,(H,25,28)/t20-/m1/s1. The molecule has 156 valence electrons. The maximum atomic E-state index is 13.1. The minimum atomic E-state index is -0.527. The van der Waals surface area contributed by atoms with Crippen LogP contribution in [0.5, 0.6) is 0 Å². The van der Waals surface area contributed by atoms with Gasteiger partial charge in [-0.25, -0.2) is 0 Å². The van der Waals surface area contributed by atoms with Crippen LogP contribution in [0.3, 0.4) is 0 Å². The zero-order valence-electron chi connectivity index (χ0n) is 18.1. The summed E-state index contributed by atoms with van der Waals surface area (Å²) < 4.78 is 0. The third kappa shape index (κ3) is 7.58. The van der Waals surface area contributed by atoms with Crippen LogP contribution < -0.4 is 5.32 Å². The predicted molar refractivity (Wildman–Crippen MR) is 121 cm³/mol. The number of nitrogens with zero attached hydrogens (tertiary/aromatic N) is 1. The Bertz CT molecular complexity index is 818. The van der Waals surface area contributed by atoms with Gasteiger partial charge in [-0.2, -0.15) is 0 Å². The Kier molecular flexibility index (Phi) is 8.77. The first-order valence-corrected chi connectivity index (χ1v) is 11.1. The fourth-order valence-electron chi connectivity index (χ4n) is 2.90. The number of thioether (sulfide) groups is 1. The van der Waals surface area contributed by atoms with Crippen molar-refractivity contribution >= 4 is 23.6 Å². The molecule has 0 aromatic heterocycles. The summed E-state index contributed by atoms with van der Waals surface area (Å²) >= 11 is 1.50. The molecule has 5 heteroatoms. The SMILES string of the molecule is Cc1ccc(SCC(=O)N(Cc2cccc(C)c2)[C@H](C)C(=O)NCC(C)C)cc1. The van der Waals surface area contributed by atoms with Gasteiger partial charge in [0, 0.05) is 18.0 Å². The van der Waals surface area contributed by atoms with E-state index in [1.807, 2.05) is 56.3 Å². The van der Waals surface area contributed by atoms with Crippen LogP contribution in [0.4, 0.5) is 0 Å². The van der Waals surface area contributed by atoms with Crippen LogP contribution in [0.25, 0.3) is 0 Å². The highest BCUT2D eigenvalue weighted by Gasteiger charge is 2.26. The number of benzene rings is 2. The normalized spacial score (nSPS) is 11.9. The molecule has 4 nitrogen and oxygen atoms in total. The molecule has 29 heavy (non-hydrogen) atoms. The predicted octanol–water partition coefficient (Wildman–Crippen LogP) is 4.59. The molecule has 1 N–H and O–H groups in total. The smallest absolute Gasteiger partial charge is 0.242 e. The van der Waals surface area contributed by atoms with Crippen molar-refractivity contribution in [1.82, 2.24) is 10.2 Å². The second-order valence-electron chi connectivity index (χ2n) is 7.93. The van der Waals surface area contributed by atoms with E-state index in [-0.39, 0.29) is 11.8 Å². The van der Waals surface area contributed by atoms with Crippen LogP contribution in [0, 0.1) is 19.8 Å². The molecule has 0 aliphatic heterocycles. The third-order valence-corrected chi connectivity index (χ3v) is 5.67. The van der Waals surface area contributed by atoms with Gasteiger partial charge in [-0.3, -0.25) is 9.59 Å². The van der Waals surface area contributed by atoms with Crippen LogP contribution >= 0.6 is 11.8 Å². The van der Waals surface area contributed by atoms with E-state index in [1.165, 1.54) is 17.3 Å². The first-order chi connectivity index (χ1) is 13.8. The number of hydrogen-bond acceptors (Lipinski definition) is 3. The molecule has 0 bridgehead atoms. The van der Waals surface area contributed by atoms with Gasteiger partial charge in [0.15, 0.2) is 0 Å². The van der Waals surface area contributed by atoms with Crippen molar-refractivity contribution in [3.8, 4) is 0 Å². The van der Waals surface area contributed by atoms with E-state index in [2.05, 4.69) is 25.2 Å². The summed E-state index contributed by atoms with van der Waals surface area (Å²) in [5.74, 6) is 0.518. The van der Waals surface area contributed by atoms with E-state index < -0.39 is 6.04 Å². The highest BCUT2D eigenvalue weighted by Crippen LogP contribution is 2.20. The summed E-state index contributed by atoms with van der Waals surface area (Å²) in [5.41, 5.74) is 3.36. The van der Waals surface area contributed by atoms with Crippen LogP contribution in [0.2, 0.25) is 0 Å². The van der Waals surface area contributed by atoms with Crippen LogP contribution in [-0.4, -0.2) is 35.1 Å². The number of amides is 2. The lowest BCUT2D eigenvalue weighted by Gasteiger charge is -2.29. The van der Waals surface area contributed by atoms with E-state index >= 15 is 0 Å². The number of rotatable bonds is 9. The molecule has 1 atom stereocenters. The highest BCUT2D eigenvalue weighted by molar-refractivity contribution is 8.00. The molecule has 2 aromatic carbocycles. The Morgan fingerprint density at radius 1 is 1.00 bits per heavy atom. The van der Waals surface area contributed by atoms with Gasteiger partial charge in [-0.15, -0.1) is 11.8 Å². The van der Waals surface area contributed by atoms with Gasteiger partial charge in [-0.05, 0) is 44.4 Å². The second kappa shape index (κ2) is 11.1. The minimum Gasteiger partial charge on any atom is -0.354 e. The molecular formula is C24H32N2O2S. The monoisotopic (exact) mass is 412 g/mol. The number of carbonyl (C=O) groups is 2. The second-order valence-corrected chi connectivity index (χ2v) is 8.98. The number of nitrogens with one attached hydrogen (secondary N) is 1. The van der Waals surface area contributed by atoms with Gasteiger partial charge in [0.05, 0.1) is 5.75 Å². The van der Waals surface area contributed by atoms with Crippen LogP contribution in [0.15, 0.2) is 53.4 Å². The molecule has 0 aliphatic rings. The van der Waals surface area contributed by atoms with Crippen molar-refractivity contribution in [1.29, 1.82) is 0 Å². The van der Waals surface area contributed by atoms with Gasteiger partial charge in [-0.1, -0.05) is 61.4 Å². The summed E-state index contributed by atoms with van der Waals surface area (Å²) in [6, 6.07) is 15.7. The van der Waals surface area contributed by atoms with Crippen molar-refractivity contribution in [2.75, 3.05) is 12.3 Å². The Balaban J connectivity index is 2.12. The van der Waals surface area contributed by atoms with Crippen LogP contribution in [-0.2, 0) is 16.1 Å². The molecule has 0 saturated heterocycles. The quantitative estimate of drug-likeness (QED) is 0.613. The first-order valence-electron chi connectivity index (χ1n) is 10.1. The molecule has 0 spiro atoms. The first kappa shape index (κ1) is 23.0. The molecule has 0 aliphatic carbocycles. The van der Waals surface area contributed by atoms with E-state index in [1.54, 1.807) is 11.8 Å². The molecule has 0 heterocycles. The van der Waals surface area contributed by atoms with Crippen molar-refractivity contribution < 1.29 is 9.59 Å². The van der Waals surface area contributed by atoms with Gasteiger partial charge >= 0.3 is 0 Å². The van der Waals surface area contributed by atoms with E-state index in [9.17, 15) is 9.59 Å². The zero-order valence-corrected chi connectivity index (χ0v) is 18.9. The maximum Gasteiger partial charge on any atom is 0.242 e. The molecule has 2 amide bonds. The van der Waals surface area contributed by atoms with Gasteiger partial charge in [0.1, 0.15) is 6.04 Å². The molecule has 0 saturated carbocycles. The van der Waals surface area contributed by atoms with Gasteiger partial charge < -0.3 is 10.2 Å². The van der Waals surface area contributed by atoms with Crippen molar-refractivity contribution in [3.63, 3.8) is 0 Å². The summed E-state index contributed by atoms with van der Waals surface area (Å²) in [4.78, 5) is 28.5. The Morgan fingerprint density at radius 3 is 2.31 bits per heavy atom. The molecule has 2 rings (SSSR count). The van der Waals surface area contributed by atoms with Crippen molar-refractivity contribution in [2.45, 2.75) is 52.1 Å². The molecule has 0 radical (unpaired) electrons.